The summed E-state index contributed by atoms with van der Waals surface area (Å²) in [6.07, 6.45) is 1.79. The van der Waals surface area contributed by atoms with E-state index in [-0.39, 0.29) is 23.0 Å². The van der Waals surface area contributed by atoms with Gasteiger partial charge in [0.2, 0.25) is 5.96 Å². The molecule has 1 atom stereocenters. The highest BCUT2D eigenvalue weighted by Crippen LogP contribution is 2.41. The van der Waals surface area contributed by atoms with Crippen molar-refractivity contribution in [3.8, 4) is 18.3 Å². The third-order valence-corrected chi connectivity index (χ3v) is 4.15. The number of hydrogen-bond donors (Lipinski definition) is 4. The number of nitrogen functional groups attached to an aromatic ring is 2. The molecule has 2 aromatic rings. The monoisotopic (exact) mass is 343 g/mol. The molecule has 1 aromatic carbocycles. The third kappa shape index (κ3) is 2.48. The Bertz CT molecular complexity index is 1060. The van der Waals surface area contributed by atoms with Gasteiger partial charge in [-0.25, -0.2) is 9.98 Å². The average molecular weight is 343 g/mol. The van der Waals surface area contributed by atoms with Crippen LogP contribution >= 0.6 is 0 Å². The van der Waals surface area contributed by atoms with E-state index in [0.717, 1.165) is 5.56 Å². The summed E-state index contributed by atoms with van der Waals surface area (Å²) in [5.41, 5.74) is 14.6. The molecule has 0 spiro atoms. The van der Waals surface area contributed by atoms with E-state index < -0.39 is 6.04 Å². The Balaban J connectivity index is 2.31. The SMILES string of the molecule is Cc1c(C#N)cccc1C1N=C(NC#N)Nc2nc(N)c(C#N)c(N)c21. The molecule has 0 aliphatic carbocycles. The van der Waals surface area contributed by atoms with E-state index in [0.29, 0.717) is 22.5 Å². The lowest BCUT2D eigenvalue weighted by atomic mass is 9.90. The van der Waals surface area contributed by atoms with Crippen molar-refractivity contribution < 1.29 is 0 Å². The molecule has 1 aliphatic heterocycles. The predicted molar refractivity (Wildman–Crippen MR) is 95.3 cm³/mol. The number of guanidine groups is 1. The predicted octanol–water partition coefficient (Wildman–Crippen LogP) is 1.24. The normalized spacial score (nSPS) is 14.7. The number of benzene rings is 1. The lowest BCUT2D eigenvalue weighted by Crippen LogP contribution is -2.33. The van der Waals surface area contributed by atoms with Crippen LogP contribution in [0.5, 0.6) is 0 Å². The molecule has 126 valence electrons. The molecule has 0 saturated carbocycles. The van der Waals surface area contributed by atoms with Crippen LogP contribution in [0, 0.1) is 41.0 Å². The molecule has 26 heavy (non-hydrogen) atoms. The fourth-order valence-electron chi connectivity index (χ4n) is 2.88. The molecular formula is C17H13N9. The average Bonchev–Trinajstić information content (AvgIpc) is 2.61. The summed E-state index contributed by atoms with van der Waals surface area (Å²) in [6, 6.07) is 8.67. The van der Waals surface area contributed by atoms with E-state index in [9.17, 15) is 10.5 Å². The summed E-state index contributed by atoms with van der Waals surface area (Å²) in [4.78, 5) is 8.67. The van der Waals surface area contributed by atoms with Gasteiger partial charge in [-0.05, 0) is 24.1 Å². The van der Waals surface area contributed by atoms with Gasteiger partial charge in [0, 0.05) is 5.56 Å². The minimum Gasteiger partial charge on any atom is -0.397 e. The van der Waals surface area contributed by atoms with Crippen LogP contribution in [-0.2, 0) is 0 Å². The Labute approximate surface area is 149 Å². The number of nitrogens with zero attached hydrogens (tertiary/aromatic N) is 5. The van der Waals surface area contributed by atoms with E-state index in [4.69, 9.17) is 16.7 Å². The molecule has 0 bridgehead atoms. The quantitative estimate of drug-likeness (QED) is 0.442. The van der Waals surface area contributed by atoms with Crippen LogP contribution in [0.25, 0.3) is 0 Å². The van der Waals surface area contributed by atoms with Gasteiger partial charge in [-0.15, -0.1) is 0 Å². The van der Waals surface area contributed by atoms with Crippen molar-refractivity contribution in [2.45, 2.75) is 13.0 Å². The molecule has 0 amide bonds. The summed E-state index contributed by atoms with van der Waals surface area (Å²) >= 11 is 0. The van der Waals surface area contributed by atoms with Crippen molar-refractivity contribution in [2.24, 2.45) is 4.99 Å². The summed E-state index contributed by atoms with van der Waals surface area (Å²) in [7, 11) is 0. The Morgan fingerprint density at radius 1 is 1.19 bits per heavy atom. The Kier molecular flexibility index (Phi) is 4.02. The van der Waals surface area contributed by atoms with Crippen molar-refractivity contribution >= 4 is 23.3 Å². The van der Waals surface area contributed by atoms with Crippen LogP contribution in [0.3, 0.4) is 0 Å². The third-order valence-electron chi connectivity index (χ3n) is 4.15. The highest BCUT2D eigenvalue weighted by molar-refractivity contribution is 5.98. The van der Waals surface area contributed by atoms with Crippen LogP contribution in [-0.4, -0.2) is 10.9 Å². The Morgan fingerprint density at radius 2 is 1.96 bits per heavy atom. The molecule has 0 radical (unpaired) electrons. The fourth-order valence-corrected chi connectivity index (χ4v) is 2.88. The van der Waals surface area contributed by atoms with Crippen molar-refractivity contribution in [1.82, 2.24) is 10.3 Å². The maximum Gasteiger partial charge on any atom is 0.211 e. The number of nitrogens with one attached hydrogen (secondary N) is 2. The molecule has 1 aromatic heterocycles. The summed E-state index contributed by atoms with van der Waals surface area (Å²) in [5.74, 6) is 0.456. The molecule has 0 saturated heterocycles. The first kappa shape index (κ1) is 16.6. The van der Waals surface area contributed by atoms with Crippen molar-refractivity contribution in [3.63, 3.8) is 0 Å². The molecule has 3 rings (SSSR count). The minimum atomic E-state index is -0.657. The highest BCUT2D eigenvalue weighted by atomic mass is 15.2. The van der Waals surface area contributed by atoms with Gasteiger partial charge in [0.15, 0.2) is 6.19 Å². The van der Waals surface area contributed by atoms with Crippen molar-refractivity contribution in [3.05, 3.63) is 46.0 Å². The van der Waals surface area contributed by atoms with Crippen LogP contribution in [0.1, 0.15) is 33.9 Å². The maximum absolute atomic E-state index is 9.33. The molecule has 9 nitrogen and oxygen atoms in total. The molecule has 0 fully saturated rings. The van der Waals surface area contributed by atoms with Gasteiger partial charge < -0.3 is 16.8 Å². The number of rotatable bonds is 1. The lowest BCUT2D eigenvalue weighted by Gasteiger charge is -2.27. The van der Waals surface area contributed by atoms with Gasteiger partial charge in [0.25, 0.3) is 0 Å². The summed E-state index contributed by atoms with van der Waals surface area (Å²) in [5, 5.41) is 32.8. The fraction of sp³-hybridized carbons (Fsp3) is 0.118. The Hall–Kier alpha value is -4.29. The zero-order chi connectivity index (χ0) is 18.8. The zero-order valence-corrected chi connectivity index (χ0v) is 13.7. The first-order valence-electron chi connectivity index (χ1n) is 7.50. The number of hydrogen-bond acceptors (Lipinski definition) is 9. The standard InChI is InChI=1S/C17H13N9/c1-8-9(5-18)3-2-4-10(8)14-12-13(21)11(6-19)15(22)25-16(12)26-17(24-14)23-7-20/h2-4,14H,1H3,(H6,21,22,23,24,25,26). The van der Waals surface area contributed by atoms with Gasteiger partial charge in [-0.1, -0.05) is 12.1 Å². The highest BCUT2D eigenvalue weighted by Gasteiger charge is 2.30. The number of pyridine rings is 1. The van der Waals surface area contributed by atoms with Gasteiger partial charge in [-0.3, -0.25) is 5.32 Å². The number of fused-ring (bicyclic) bond motifs is 1. The first-order chi connectivity index (χ1) is 12.5. The topological polar surface area (TPSA) is 173 Å². The number of aromatic nitrogens is 1. The van der Waals surface area contributed by atoms with Crippen LogP contribution < -0.4 is 22.1 Å². The summed E-state index contributed by atoms with van der Waals surface area (Å²) in [6.45, 7) is 1.80. The minimum absolute atomic E-state index is 0.0179. The lowest BCUT2D eigenvalue weighted by molar-refractivity contribution is 0.838. The van der Waals surface area contributed by atoms with Gasteiger partial charge in [0.1, 0.15) is 29.3 Å². The number of anilines is 3. The second-order valence-corrected chi connectivity index (χ2v) is 5.53. The number of nitriles is 3. The second-order valence-electron chi connectivity index (χ2n) is 5.53. The maximum atomic E-state index is 9.33. The molecule has 2 heterocycles. The first-order valence-corrected chi connectivity index (χ1v) is 7.50. The van der Waals surface area contributed by atoms with E-state index >= 15 is 0 Å². The Morgan fingerprint density at radius 3 is 2.62 bits per heavy atom. The van der Waals surface area contributed by atoms with E-state index in [2.05, 4.69) is 26.7 Å². The number of aliphatic imine (C=N–C) groups is 1. The molecule has 1 aliphatic rings. The number of nitrogens with two attached hydrogens (primary N) is 2. The van der Waals surface area contributed by atoms with Gasteiger partial charge in [-0.2, -0.15) is 15.8 Å². The molecular weight excluding hydrogens is 330 g/mol. The smallest absolute Gasteiger partial charge is 0.211 e. The molecule has 6 N–H and O–H groups in total. The van der Waals surface area contributed by atoms with E-state index in [1.165, 1.54) is 0 Å². The van der Waals surface area contributed by atoms with Crippen LogP contribution in [0.15, 0.2) is 23.2 Å². The summed E-state index contributed by atoms with van der Waals surface area (Å²) < 4.78 is 0. The molecule has 1 unspecified atom stereocenters. The van der Waals surface area contributed by atoms with E-state index in [1.54, 1.807) is 25.2 Å². The molecule has 9 heteroatoms. The van der Waals surface area contributed by atoms with Crippen LogP contribution in [0.4, 0.5) is 17.3 Å². The van der Waals surface area contributed by atoms with Crippen LogP contribution in [0.2, 0.25) is 0 Å². The second kappa shape index (κ2) is 6.31. The van der Waals surface area contributed by atoms with E-state index in [1.807, 2.05) is 12.1 Å². The van der Waals surface area contributed by atoms with Crippen molar-refractivity contribution in [1.29, 1.82) is 15.8 Å². The zero-order valence-electron chi connectivity index (χ0n) is 13.7. The van der Waals surface area contributed by atoms with Crippen molar-refractivity contribution in [2.75, 3.05) is 16.8 Å². The van der Waals surface area contributed by atoms with Gasteiger partial charge in [0.05, 0.1) is 17.3 Å². The van der Waals surface area contributed by atoms with Gasteiger partial charge >= 0.3 is 0 Å². The largest absolute Gasteiger partial charge is 0.397 e.